The van der Waals surface area contributed by atoms with Crippen LogP contribution in [-0.2, 0) is 19.4 Å². The van der Waals surface area contributed by atoms with Crippen LogP contribution in [0.15, 0.2) is 40.3 Å². The van der Waals surface area contributed by atoms with Crippen molar-refractivity contribution in [2.75, 3.05) is 0 Å². The summed E-state index contributed by atoms with van der Waals surface area (Å²) in [7, 11) is -3.90. The van der Waals surface area contributed by atoms with Gasteiger partial charge in [-0.15, -0.1) is 0 Å². The molecule has 26 heavy (non-hydrogen) atoms. The number of amides is 1. The minimum Gasteiger partial charge on any atom is -0.369 e. The highest BCUT2D eigenvalue weighted by molar-refractivity contribution is 7.96. The van der Waals surface area contributed by atoms with E-state index in [-0.39, 0.29) is 29.7 Å². The first-order valence-electron chi connectivity index (χ1n) is 8.38. The van der Waals surface area contributed by atoms with Gasteiger partial charge in [-0.05, 0) is 50.8 Å². The molecule has 3 rings (SSSR count). The number of halogens is 2. The maximum absolute atomic E-state index is 14.7. The SMILES string of the molecule is Cc1ccc(F)c(C2(S(=O)(=O)C3=CC=C(Cl)CC3)CC(C)(C(N)=O)C2)c1. The number of primary amides is 1. The summed E-state index contributed by atoms with van der Waals surface area (Å²) in [6, 6.07) is 4.42. The van der Waals surface area contributed by atoms with Crippen LogP contribution in [0.5, 0.6) is 0 Å². The lowest BCUT2D eigenvalue weighted by Crippen LogP contribution is -2.58. The highest BCUT2D eigenvalue weighted by Crippen LogP contribution is 2.61. The molecule has 0 radical (unpaired) electrons. The van der Waals surface area contributed by atoms with Gasteiger partial charge in [-0.3, -0.25) is 4.79 Å². The van der Waals surface area contributed by atoms with Crippen LogP contribution in [0.3, 0.4) is 0 Å². The molecule has 0 bridgehead atoms. The van der Waals surface area contributed by atoms with Gasteiger partial charge in [0, 0.05) is 20.9 Å². The second-order valence-electron chi connectivity index (χ2n) is 7.51. The molecule has 1 aromatic rings. The molecule has 1 aromatic carbocycles. The fraction of sp³-hybridized carbons (Fsp3) is 0.421. The number of rotatable bonds is 4. The third-order valence-corrected chi connectivity index (χ3v) is 8.36. The van der Waals surface area contributed by atoms with E-state index in [1.807, 2.05) is 0 Å². The van der Waals surface area contributed by atoms with Crippen LogP contribution >= 0.6 is 11.6 Å². The number of nitrogens with two attached hydrogens (primary N) is 1. The first-order chi connectivity index (χ1) is 12.0. The highest BCUT2D eigenvalue weighted by Gasteiger charge is 2.64. The zero-order chi connectivity index (χ0) is 19.3. The molecule has 1 amide bonds. The predicted molar refractivity (Wildman–Crippen MR) is 99.5 cm³/mol. The van der Waals surface area contributed by atoms with Gasteiger partial charge in [-0.25, -0.2) is 12.8 Å². The van der Waals surface area contributed by atoms with Crippen molar-refractivity contribution in [3.63, 3.8) is 0 Å². The molecule has 2 aliphatic rings. The van der Waals surface area contributed by atoms with Gasteiger partial charge >= 0.3 is 0 Å². The topological polar surface area (TPSA) is 77.2 Å². The van der Waals surface area contributed by atoms with Crippen molar-refractivity contribution in [2.45, 2.75) is 44.3 Å². The number of hydrogen-bond acceptors (Lipinski definition) is 3. The van der Waals surface area contributed by atoms with E-state index in [0.717, 1.165) is 5.56 Å². The van der Waals surface area contributed by atoms with E-state index in [9.17, 15) is 17.6 Å². The van der Waals surface area contributed by atoms with Gasteiger partial charge in [0.2, 0.25) is 5.91 Å². The van der Waals surface area contributed by atoms with Crippen LogP contribution in [0.1, 0.15) is 43.7 Å². The molecule has 4 nitrogen and oxygen atoms in total. The zero-order valence-electron chi connectivity index (χ0n) is 14.7. The Hall–Kier alpha value is -1.66. The Labute approximate surface area is 157 Å². The summed E-state index contributed by atoms with van der Waals surface area (Å²) in [4.78, 5) is 12.0. The van der Waals surface area contributed by atoms with E-state index in [4.69, 9.17) is 17.3 Å². The Morgan fingerprint density at radius 2 is 1.88 bits per heavy atom. The molecule has 1 saturated carbocycles. The van der Waals surface area contributed by atoms with Crippen molar-refractivity contribution in [1.29, 1.82) is 0 Å². The zero-order valence-corrected chi connectivity index (χ0v) is 16.3. The second-order valence-corrected chi connectivity index (χ2v) is 10.3. The van der Waals surface area contributed by atoms with Gasteiger partial charge in [0.05, 0.1) is 0 Å². The van der Waals surface area contributed by atoms with Crippen LogP contribution in [0.25, 0.3) is 0 Å². The van der Waals surface area contributed by atoms with E-state index in [2.05, 4.69) is 0 Å². The van der Waals surface area contributed by atoms with Crippen molar-refractivity contribution in [3.05, 3.63) is 57.2 Å². The molecule has 2 N–H and O–H groups in total. The smallest absolute Gasteiger partial charge is 0.223 e. The number of carbonyl (C=O) groups is 1. The van der Waals surface area contributed by atoms with Gasteiger partial charge in [0.25, 0.3) is 0 Å². The number of hydrogen-bond donors (Lipinski definition) is 1. The molecular weight excluding hydrogens is 377 g/mol. The summed E-state index contributed by atoms with van der Waals surface area (Å²) in [6.45, 7) is 3.40. The third-order valence-electron chi connectivity index (χ3n) is 5.48. The fourth-order valence-corrected chi connectivity index (χ4v) is 6.70. The maximum Gasteiger partial charge on any atom is 0.223 e. The van der Waals surface area contributed by atoms with E-state index in [1.54, 1.807) is 32.1 Å². The summed E-state index contributed by atoms with van der Waals surface area (Å²) in [5, 5.41) is 0.579. The number of sulfone groups is 1. The molecule has 2 aliphatic carbocycles. The summed E-state index contributed by atoms with van der Waals surface area (Å²) < 4.78 is 40.2. The summed E-state index contributed by atoms with van der Waals surface area (Å²) >= 11 is 5.94. The van der Waals surface area contributed by atoms with Crippen molar-refractivity contribution in [1.82, 2.24) is 0 Å². The Morgan fingerprint density at radius 1 is 1.23 bits per heavy atom. The van der Waals surface area contributed by atoms with Gasteiger partial charge in [0.15, 0.2) is 9.84 Å². The Kier molecular flexibility index (Phi) is 4.56. The summed E-state index contributed by atoms with van der Waals surface area (Å²) in [5.74, 6) is -1.16. The standard InChI is InChI=1S/C19H21ClFNO3S/c1-12-3-8-16(21)15(9-12)19(10-18(2,11-19)17(22)23)26(24,25)14-6-4-13(20)5-7-14/h3-4,6,8-9H,5,7,10-11H2,1-2H3,(H2,22,23). The van der Waals surface area contributed by atoms with E-state index >= 15 is 0 Å². The average molecular weight is 398 g/mol. The number of benzene rings is 1. The highest BCUT2D eigenvalue weighted by atomic mass is 35.5. The lowest BCUT2D eigenvalue weighted by molar-refractivity contribution is -0.133. The summed E-state index contributed by atoms with van der Waals surface area (Å²) in [6.07, 6.45) is 3.66. The molecule has 0 heterocycles. The molecule has 0 saturated heterocycles. The van der Waals surface area contributed by atoms with Gasteiger partial charge in [-0.2, -0.15) is 0 Å². The minimum atomic E-state index is -3.90. The van der Waals surface area contributed by atoms with Crippen LogP contribution in [0.4, 0.5) is 4.39 Å². The molecule has 0 aromatic heterocycles. The monoisotopic (exact) mass is 397 g/mol. The molecule has 7 heteroatoms. The van der Waals surface area contributed by atoms with Crippen molar-refractivity contribution >= 4 is 27.3 Å². The summed E-state index contributed by atoms with van der Waals surface area (Å²) in [5.41, 5.74) is 5.35. The third kappa shape index (κ3) is 2.79. The lowest BCUT2D eigenvalue weighted by atomic mass is 9.59. The molecule has 0 atom stereocenters. The Balaban J connectivity index is 2.18. The predicted octanol–water partition coefficient (Wildman–Crippen LogP) is 3.83. The molecular formula is C19H21ClFNO3S. The first-order valence-corrected chi connectivity index (χ1v) is 10.2. The molecule has 0 aliphatic heterocycles. The largest absolute Gasteiger partial charge is 0.369 e. The number of allylic oxidation sites excluding steroid dienone is 4. The van der Waals surface area contributed by atoms with Crippen LogP contribution in [-0.4, -0.2) is 14.3 Å². The Bertz CT molecular complexity index is 944. The van der Waals surface area contributed by atoms with Crippen molar-refractivity contribution < 1.29 is 17.6 Å². The van der Waals surface area contributed by atoms with E-state index < -0.39 is 31.7 Å². The first kappa shape index (κ1) is 19.1. The molecule has 140 valence electrons. The average Bonchev–Trinajstić information content (AvgIpc) is 2.54. The molecule has 0 unspecified atom stereocenters. The second kappa shape index (κ2) is 6.20. The Morgan fingerprint density at radius 3 is 2.42 bits per heavy atom. The van der Waals surface area contributed by atoms with Gasteiger partial charge < -0.3 is 5.73 Å². The number of carbonyl (C=O) groups excluding carboxylic acids is 1. The lowest BCUT2D eigenvalue weighted by Gasteiger charge is -2.52. The quantitative estimate of drug-likeness (QED) is 0.838. The maximum atomic E-state index is 14.7. The van der Waals surface area contributed by atoms with Crippen LogP contribution in [0.2, 0.25) is 0 Å². The van der Waals surface area contributed by atoms with Crippen molar-refractivity contribution in [3.8, 4) is 0 Å². The van der Waals surface area contributed by atoms with Gasteiger partial charge in [0.1, 0.15) is 10.6 Å². The van der Waals surface area contributed by atoms with E-state index in [0.29, 0.717) is 11.5 Å². The van der Waals surface area contributed by atoms with Crippen LogP contribution < -0.4 is 5.73 Å². The van der Waals surface area contributed by atoms with Gasteiger partial charge in [-0.1, -0.05) is 36.2 Å². The van der Waals surface area contributed by atoms with Crippen molar-refractivity contribution in [2.24, 2.45) is 11.1 Å². The molecule has 1 fully saturated rings. The molecule has 0 spiro atoms. The normalized spacial score (nSPS) is 28.8. The fourth-order valence-electron chi connectivity index (χ4n) is 3.96. The number of aryl methyl sites for hydroxylation is 1. The van der Waals surface area contributed by atoms with E-state index in [1.165, 1.54) is 12.1 Å². The van der Waals surface area contributed by atoms with Crippen LogP contribution in [0, 0.1) is 18.2 Å². The minimum absolute atomic E-state index is 0.0349.